The second-order valence-corrected chi connectivity index (χ2v) is 9.27. The minimum Gasteiger partial charge on any atom is -0.461 e. The lowest BCUT2D eigenvalue weighted by Crippen LogP contribution is -2.32. The summed E-state index contributed by atoms with van der Waals surface area (Å²) in [5.74, 6) is -1.41. The Morgan fingerprint density at radius 3 is 2.49 bits per heavy atom. The highest BCUT2D eigenvalue weighted by Gasteiger charge is 2.34. The fourth-order valence-corrected chi connectivity index (χ4v) is 4.82. The number of carbonyl (C=O) groups excluding carboxylic acids is 2. The van der Waals surface area contributed by atoms with Crippen LogP contribution in [0.5, 0.6) is 0 Å². The number of esters is 1. The number of nitrogens with zero attached hydrogens (tertiary/aromatic N) is 2. The van der Waals surface area contributed by atoms with Crippen molar-refractivity contribution in [3.8, 4) is 0 Å². The minimum absolute atomic E-state index is 0.151. The summed E-state index contributed by atoms with van der Waals surface area (Å²) in [6, 6.07) is 12.9. The van der Waals surface area contributed by atoms with E-state index in [2.05, 4.69) is 10.3 Å². The van der Waals surface area contributed by atoms with Crippen molar-refractivity contribution in [2.45, 2.75) is 32.5 Å². The van der Waals surface area contributed by atoms with E-state index >= 15 is 0 Å². The molecule has 0 aliphatic heterocycles. The van der Waals surface area contributed by atoms with Gasteiger partial charge in [0.1, 0.15) is 15.7 Å². The van der Waals surface area contributed by atoms with Gasteiger partial charge < -0.3 is 10.1 Å². The van der Waals surface area contributed by atoms with Gasteiger partial charge in [0, 0.05) is 6.42 Å². The summed E-state index contributed by atoms with van der Waals surface area (Å²) in [7, 11) is 0. The number of amides is 1. The Bertz CT molecular complexity index is 1510. The van der Waals surface area contributed by atoms with Crippen LogP contribution in [0.1, 0.15) is 39.3 Å². The molecule has 2 aromatic heterocycles. The Kier molecular flexibility index (Phi) is 7.44. The molecular weight excluding hydrogens is 507 g/mol. The zero-order valence-electron chi connectivity index (χ0n) is 19.8. The highest BCUT2D eigenvalue weighted by molar-refractivity contribution is 7.20. The number of rotatable bonds is 7. The molecular formula is C26H22F3N3O4S. The second kappa shape index (κ2) is 10.6. The van der Waals surface area contributed by atoms with E-state index in [4.69, 9.17) is 4.74 Å². The molecule has 1 atom stereocenters. The van der Waals surface area contributed by atoms with E-state index in [1.54, 1.807) is 6.92 Å². The highest BCUT2D eigenvalue weighted by Crippen LogP contribution is 2.35. The number of hydrogen-bond acceptors (Lipinski definition) is 6. The lowest BCUT2D eigenvalue weighted by atomic mass is 10.1. The van der Waals surface area contributed by atoms with Crippen molar-refractivity contribution in [2.75, 3.05) is 11.9 Å². The first-order chi connectivity index (χ1) is 17.6. The van der Waals surface area contributed by atoms with Crippen molar-refractivity contribution in [3.63, 3.8) is 0 Å². The summed E-state index contributed by atoms with van der Waals surface area (Å²) in [4.78, 5) is 43.4. The zero-order chi connectivity index (χ0) is 26.7. The predicted molar refractivity (Wildman–Crippen MR) is 134 cm³/mol. The largest absolute Gasteiger partial charge is 0.461 e. The van der Waals surface area contributed by atoms with Crippen LogP contribution in [0.25, 0.3) is 10.2 Å². The maximum Gasteiger partial charge on any atom is 0.418 e. The first-order valence-electron chi connectivity index (χ1n) is 11.3. The Labute approximate surface area is 213 Å². The summed E-state index contributed by atoms with van der Waals surface area (Å²) in [6.07, 6.45) is -2.99. The van der Waals surface area contributed by atoms with Crippen LogP contribution < -0.4 is 10.9 Å². The van der Waals surface area contributed by atoms with Crippen LogP contribution in [0, 0.1) is 6.92 Å². The number of thiophene rings is 1. The van der Waals surface area contributed by atoms with Gasteiger partial charge in [-0.25, -0.2) is 9.78 Å². The molecule has 0 bridgehead atoms. The Balaban J connectivity index is 1.54. The summed E-state index contributed by atoms with van der Waals surface area (Å²) in [6.45, 7) is 3.12. The summed E-state index contributed by atoms with van der Waals surface area (Å²) >= 11 is 1.00. The molecule has 1 unspecified atom stereocenters. The van der Waals surface area contributed by atoms with Gasteiger partial charge in [0.15, 0.2) is 0 Å². The number of benzene rings is 2. The van der Waals surface area contributed by atoms with Gasteiger partial charge in [0.05, 0.1) is 29.6 Å². The average Bonchev–Trinajstić information content (AvgIpc) is 3.21. The molecule has 11 heteroatoms. The van der Waals surface area contributed by atoms with E-state index in [-0.39, 0.29) is 16.9 Å². The molecule has 0 aliphatic carbocycles. The second-order valence-electron chi connectivity index (χ2n) is 8.27. The van der Waals surface area contributed by atoms with Crippen LogP contribution in [0.3, 0.4) is 0 Å². The molecule has 1 N–H and O–H groups in total. The highest BCUT2D eigenvalue weighted by atomic mass is 32.1. The number of hydrogen-bond donors (Lipinski definition) is 1. The third-order valence-electron chi connectivity index (χ3n) is 5.82. The number of anilines is 1. The number of alkyl halides is 3. The van der Waals surface area contributed by atoms with Gasteiger partial charge in [-0.1, -0.05) is 42.5 Å². The van der Waals surface area contributed by atoms with E-state index in [0.29, 0.717) is 16.8 Å². The number of carbonyl (C=O) groups is 2. The molecule has 0 aliphatic rings. The van der Waals surface area contributed by atoms with Gasteiger partial charge in [-0.2, -0.15) is 13.2 Å². The quantitative estimate of drug-likeness (QED) is 0.325. The van der Waals surface area contributed by atoms with E-state index in [0.717, 1.165) is 39.9 Å². The van der Waals surface area contributed by atoms with Crippen molar-refractivity contribution in [2.24, 2.45) is 0 Å². The third kappa shape index (κ3) is 5.56. The van der Waals surface area contributed by atoms with Gasteiger partial charge in [0.25, 0.3) is 5.56 Å². The Morgan fingerprint density at radius 1 is 1.11 bits per heavy atom. The molecule has 2 heterocycles. The lowest BCUT2D eigenvalue weighted by molar-refractivity contribution is -0.137. The molecule has 0 spiro atoms. The van der Waals surface area contributed by atoms with Crippen LogP contribution in [0.15, 0.2) is 65.7 Å². The number of nitrogens with one attached hydrogen (secondary N) is 1. The monoisotopic (exact) mass is 529 g/mol. The standard InChI is InChI=1S/C26H22F3N3O4S/c1-15-20-23(37-21(15)25(35)36-13-12-17-8-4-3-5-9-17)30-14-32(24(20)34)16(2)22(33)31-19-11-7-6-10-18(19)26(27,28)29/h3-11,14,16H,12-13H2,1-2H3,(H,31,33). The van der Waals surface area contributed by atoms with Gasteiger partial charge in [-0.15, -0.1) is 11.3 Å². The lowest BCUT2D eigenvalue weighted by Gasteiger charge is -2.17. The van der Waals surface area contributed by atoms with Crippen molar-refractivity contribution in [1.82, 2.24) is 9.55 Å². The molecule has 192 valence electrons. The van der Waals surface area contributed by atoms with Crippen LogP contribution in [-0.4, -0.2) is 28.0 Å². The number of aromatic nitrogens is 2. The van der Waals surface area contributed by atoms with E-state index < -0.39 is 40.9 Å². The molecule has 37 heavy (non-hydrogen) atoms. The molecule has 2 aromatic carbocycles. The molecule has 7 nitrogen and oxygen atoms in total. The smallest absolute Gasteiger partial charge is 0.418 e. The maximum atomic E-state index is 13.3. The molecule has 0 saturated carbocycles. The fourth-order valence-electron chi connectivity index (χ4n) is 3.78. The van der Waals surface area contributed by atoms with Gasteiger partial charge in [0.2, 0.25) is 5.91 Å². The average molecular weight is 530 g/mol. The third-order valence-corrected chi connectivity index (χ3v) is 6.99. The van der Waals surface area contributed by atoms with Crippen molar-refractivity contribution < 1.29 is 27.5 Å². The zero-order valence-corrected chi connectivity index (χ0v) is 20.7. The first kappa shape index (κ1) is 26.1. The number of fused-ring (bicyclic) bond motifs is 1. The van der Waals surface area contributed by atoms with Gasteiger partial charge >= 0.3 is 12.1 Å². The number of ether oxygens (including phenoxy) is 1. The Hall–Kier alpha value is -3.99. The Morgan fingerprint density at radius 2 is 1.78 bits per heavy atom. The molecule has 0 radical (unpaired) electrons. The number of halogens is 3. The molecule has 4 rings (SSSR count). The number of aryl methyl sites for hydroxylation is 1. The SMILES string of the molecule is Cc1c(C(=O)OCCc2ccccc2)sc2ncn(C(C)C(=O)Nc3ccccc3C(F)(F)F)c(=O)c12. The predicted octanol–water partition coefficient (Wildman–Crippen LogP) is 5.38. The number of para-hydroxylation sites is 1. The summed E-state index contributed by atoms with van der Waals surface area (Å²) in [5, 5.41) is 2.40. The van der Waals surface area contributed by atoms with Crippen LogP contribution in [0.4, 0.5) is 18.9 Å². The van der Waals surface area contributed by atoms with E-state index in [9.17, 15) is 27.6 Å². The van der Waals surface area contributed by atoms with Crippen LogP contribution >= 0.6 is 11.3 Å². The topological polar surface area (TPSA) is 90.3 Å². The van der Waals surface area contributed by atoms with Gasteiger partial charge in [-0.3, -0.25) is 14.2 Å². The van der Waals surface area contributed by atoms with E-state index in [1.165, 1.54) is 19.1 Å². The molecule has 0 saturated heterocycles. The van der Waals surface area contributed by atoms with Crippen molar-refractivity contribution in [3.05, 3.63) is 92.8 Å². The van der Waals surface area contributed by atoms with Crippen molar-refractivity contribution in [1.29, 1.82) is 0 Å². The maximum absolute atomic E-state index is 13.3. The van der Waals surface area contributed by atoms with Gasteiger partial charge in [-0.05, 0) is 37.1 Å². The fraction of sp³-hybridized carbons (Fsp3) is 0.231. The minimum atomic E-state index is -4.66. The van der Waals surface area contributed by atoms with Crippen molar-refractivity contribution >= 4 is 39.1 Å². The molecule has 1 amide bonds. The molecule has 4 aromatic rings. The van der Waals surface area contributed by atoms with Crippen LogP contribution in [-0.2, 0) is 22.1 Å². The molecule has 0 fully saturated rings. The normalized spacial score (nSPS) is 12.4. The summed E-state index contributed by atoms with van der Waals surface area (Å²) < 4.78 is 46.3. The summed E-state index contributed by atoms with van der Waals surface area (Å²) in [5.41, 5.74) is -0.625. The first-order valence-corrected chi connectivity index (χ1v) is 12.1. The van der Waals surface area contributed by atoms with Crippen LogP contribution in [0.2, 0.25) is 0 Å². The van der Waals surface area contributed by atoms with E-state index in [1.807, 2.05) is 30.3 Å².